The summed E-state index contributed by atoms with van der Waals surface area (Å²) < 4.78 is 4.66. The summed E-state index contributed by atoms with van der Waals surface area (Å²) in [7, 11) is 1.30. The Morgan fingerprint density at radius 1 is 1.33 bits per heavy atom. The zero-order valence-electron chi connectivity index (χ0n) is 10.2. The molecule has 1 aromatic carbocycles. The van der Waals surface area contributed by atoms with Crippen molar-refractivity contribution >= 4 is 17.6 Å². The molecule has 0 atom stereocenters. The van der Waals surface area contributed by atoms with E-state index in [1.54, 1.807) is 24.3 Å². The van der Waals surface area contributed by atoms with Crippen molar-refractivity contribution < 1.29 is 14.3 Å². The van der Waals surface area contributed by atoms with E-state index in [0.29, 0.717) is 24.1 Å². The fourth-order valence-corrected chi connectivity index (χ4v) is 1.91. The van der Waals surface area contributed by atoms with Gasteiger partial charge in [0.15, 0.2) is 0 Å². The minimum atomic E-state index is -0.788. The largest absolute Gasteiger partial charge is 0.465 e. The minimum absolute atomic E-state index is 0.245. The van der Waals surface area contributed by atoms with E-state index in [-0.39, 0.29) is 5.91 Å². The van der Waals surface area contributed by atoms with Crippen LogP contribution >= 0.6 is 0 Å². The number of benzene rings is 1. The number of anilines is 1. The van der Waals surface area contributed by atoms with Crippen LogP contribution < -0.4 is 11.1 Å². The number of hydrogen-bond acceptors (Lipinski definition) is 4. The van der Waals surface area contributed by atoms with Gasteiger partial charge in [-0.1, -0.05) is 12.1 Å². The average molecular weight is 248 g/mol. The van der Waals surface area contributed by atoms with Crippen LogP contribution in [0.1, 0.15) is 29.6 Å². The lowest BCUT2D eigenvalue weighted by molar-refractivity contribution is -0.123. The van der Waals surface area contributed by atoms with Gasteiger partial charge in [0, 0.05) is 0 Å². The Labute approximate surface area is 105 Å². The Morgan fingerprint density at radius 2 is 2.00 bits per heavy atom. The number of esters is 1. The van der Waals surface area contributed by atoms with Gasteiger partial charge in [-0.05, 0) is 31.4 Å². The van der Waals surface area contributed by atoms with Gasteiger partial charge in [0.2, 0.25) is 5.91 Å². The van der Waals surface area contributed by atoms with Crippen LogP contribution in [0.3, 0.4) is 0 Å². The van der Waals surface area contributed by atoms with E-state index in [1.165, 1.54) is 7.11 Å². The van der Waals surface area contributed by atoms with Gasteiger partial charge in [-0.3, -0.25) is 4.79 Å². The van der Waals surface area contributed by atoms with Crippen LogP contribution in [0.5, 0.6) is 0 Å². The molecule has 96 valence electrons. The topological polar surface area (TPSA) is 81.4 Å². The number of para-hydroxylation sites is 1. The molecule has 3 N–H and O–H groups in total. The quantitative estimate of drug-likeness (QED) is 0.790. The van der Waals surface area contributed by atoms with E-state index in [4.69, 9.17) is 5.73 Å². The van der Waals surface area contributed by atoms with Crippen molar-refractivity contribution in [3.8, 4) is 0 Å². The van der Waals surface area contributed by atoms with Crippen molar-refractivity contribution in [1.29, 1.82) is 0 Å². The van der Waals surface area contributed by atoms with E-state index in [1.807, 2.05) is 0 Å². The molecule has 1 aliphatic carbocycles. The van der Waals surface area contributed by atoms with Gasteiger partial charge in [0.05, 0.1) is 23.9 Å². The number of hydrogen-bond donors (Lipinski definition) is 2. The first-order chi connectivity index (χ1) is 8.57. The number of carbonyl (C=O) groups excluding carboxylic acids is 2. The molecule has 1 aromatic rings. The Kier molecular flexibility index (Phi) is 3.34. The first kappa shape index (κ1) is 12.6. The van der Waals surface area contributed by atoms with Crippen LogP contribution in [0.2, 0.25) is 0 Å². The zero-order chi connectivity index (χ0) is 13.2. The van der Waals surface area contributed by atoms with E-state index >= 15 is 0 Å². The van der Waals surface area contributed by atoms with Crippen LogP contribution in [0.15, 0.2) is 24.3 Å². The predicted molar refractivity (Wildman–Crippen MR) is 67.2 cm³/mol. The standard InChI is InChI=1S/C13H16N2O3/c1-18-11(16)9-5-2-3-6-10(9)15-12(17)13(14)7-4-8-13/h2-3,5-6H,4,7-8,14H2,1H3,(H,15,17). The molecule has 0 aliphatic heterocycles. The van der Waals surface area contributed by atoms with E-state index in [9.17, 15) is 9.59 Å². The van der Waals surface area contributed by atoms with E-state index in [0.717, 1.165) is 6.42 Å². The number of nitrogens with two attached hydrogens (primary N) is 1. The Balaban J connectivity index is 2.18. The summed E-state index contributed by atoms with van der Waals surface area (Å²) >= 11 is 0. The van der Waals surface area contributed by atoms with Crippen LogP contribution in [-0.2, 0) is 9.53 Å². The van der Waals surface area contributed by atoms with Crippen molar-refractivity contribution in [3.63, 3.8) is 0 Å². The number of carbonyl (C=O) groups is 2. The van der Waals surface area contributed by atoms with Gasteiger partial charge in [-0.15, -0.1) is 0 Å². The van der Waals surface area contributed by atoms with E-state index in [2.05, 4.69) is 10.1 Å². The molecular formula is C13H16N2O3. The third-order valence-corrected chi connectivity index (χ3v) is 3.28. The molecule has 5 nitrogen and oxygen atoms in total. The highest BCUT2D eigenvalue weighted by atomic mass is 16.5. The SMILES string of the molecule is COC(=O)c1ccccc1NC(=O)C1(N)CCC1. The number of ether oxygens (including phenoxy) is 1. The normalized spacial score (nSPS) is 16.6. The molecule has 1 saturated carbocycles. The summed E-state index contributed by atoms with van der Waals surface area (Å²) in [5.74, 6) is -0.726. The Hall–Kier alpha value is -1.88. The van der Waals surface area contributed by atoms with E-state index < -0.39 is 11.5 Å². The summed E-state index contributed by atoms with van der Waals surface area (Å²) in [4.78, 5) is 23.5. The predicted octanol–water partition coefficient (Wildman–Crippen LogP) is 1.29. The van der Waals surface area contributed by atoms with Gasteiger partial charge in [0.25, 0.3) is 0 Å². The minimum Gasteiger partial charge on any atom is -0.465 e. The van der Waals surface area contributed by atoms with Gasteiger partial charge in [-0.2, -0.15) is 0 Å². The fraction of sp³-hybridized carbons (Fsp3) is 0.385. The first-order valence-corrected chi connectivity index (χ1v) is 5.84. The maximum absolute atomic E-state index is 12.0. The van der Waals surface area contributed by atoms with Crippen molar-refractivity contribution in [2.75, 3.05) is 12.4 Å². The molecule has 0 radical (unpaired) electrons. The summed E-state index contributed by atoms with van der Waals surface area (Å²) in [5, 5.41) is 2.70. The molecule has 18 heavy (non-hydrogen) atoms. The first-order valence-electron chi connectivity index (χ1n) is 5.84. The fourth-order valence-electron chi connectivity index (χ4n) is 1.91. The van der Waals surface area contributed by atoms with Gasteiger partial charge >= 0.3 is 5.97 Å². The molecule has 1 fully saturated rings. The molecule has 0 heterocycles. The van der Waals surface area contributed by atoms with Gasteiger partial charge in [-0.25, -0.2) is 4.79 Å². The van der Waals surface area contributed by atoms with Crippen molar-refractivity contribution in [1.82, 2.24) is 0 Å². The molecule has 0 aromatic heterocycles. The average Bonchev–Trinajstić information content (AvgIpc) is 2.35. The monoisotopic (exact) mass is 248 g/mol. The molecular weight excluding hydrogens is 232 g/mol. The van der Waals surface area contributed by atoms with Gasteiger partial charge in [0.1, 0.15) is 0 Å². The Morgan fingerprint density at radius 3 is 2.56 bits per heavy atom. The van der Waals surface area contributed by atoms with Gasteiger partial charge < -0.3 is 15.8 Å². The second-order valence-corrected chi connectivity index (χ2v) is 4.50. The lowest BCUT2D eigenvalue weighted by Gasteiger charge is -2.36. The number of amides is 1. The number of nitrogens with one attached hydrogen (secondary N) is 1. The lowest BCUT2D eigenvalue weighted by atomic mass is 9.77. The number of rotatable bonds is 3. The van der Waals surface area contributed by atoms with Crippen LogP contribution in [0.25, 0.3) is 0 Å². The second-order valence-electron chi connectivity index (χ2n) is 4.50. The van der Waals surface area contributed by atoms with Crippen LogP contribution in [0, 0.1) is 0 Å². The van der Waals surface area contributed by atoms with Crippen molar-refractivity contribution in [2.45, 2.75) is 24.8 Å². The van der Waals surface area contributed by atoms with Crippen LogP contribution in [-0.4, -0.2) is 24.5 Å². The van der Waals surface area contributed by atoms with Crippen LogP contribution in [0.4, 0.5) is 5.69 Å². The highest BCUT2D eigenvalue weighted by molar-refractivity contribution is 6.04. The molecule has 0 bridgehead atoms. The molecule has 5 heteroatoms. The second kappa shape index (κ2) is 4.78. The van der Waals surface area contributed by atoms with Crippen molar-refractivity contribution in [2.24, 2.45) is 5.73 Å². The summed E-state index contributed by atoms with van der Waals surface area (Å²) in [6.45, 7) is 0. The molecule has 0 saturated heterocycles. The zero-order valence-corrected chi connectivity index (χ0v) is 10.2. The molecule has 1 amide bonds. The summed E-state index contributed by atoms with van der Waals surface area (Å²) in [5.41, 5.74) is 5.90. The highest BCUT2D eigenvalue weighted by Crippen LogP contribution is 2.30. The maximum atomic E-state index is 12.0. The molecule has 2 rings (SSSR count). The molecule has 1 aliphatic rings. The smallest absolute Gasteiger partial charge is 0.339 e. The summed E-state index contributed by atoms with van der Waals surface area (Å²) in [6.07, 6.45) is 2.32. The highest BCUT2D eigenvalue weighted by Gasteiger charge is 2.40. The summed E-state index contributed by atoms with van der Waals surface area (Å²) in [6, 6.07) is 6.72. The lowest BCUT2D eigenvalue weighted by Crippen LogP contribution is -2.56. The van der Waals surface area contributed by atoms with Crippen molar-refractivity contribution in [3.05, 3.63) is 29.8 Å². The number of methoxy groups -OCH3 is 1. The molecule has 0 spiro atoms. The third-order valence-electron chi connectivity index (χ3n) is 3.28. The molecule has 0 unspecified atom stereocenters. The Bertz CT molecular complexity index is 481. The maximum Gasteiger partial charge on any atom is 0.339 e. The third kappa shape index (κ3) is 2.22.